The highest BCUT2D eigenvalue weighted by atomic mass is 16.2. The number of likely N-dealkylation sites (tertiary alicyclic amines) is 1. The van der Waals surface area contributed by atoms with Gasteiger partial charge in [0.15, 0.2) is 0 Å². The molecule has 22 heavy (non-hydrogen) atoms. The lowest BCUT2D eigenvalue weighted by atomic mass is 9.94. The Balaban J connectivity index is 1.85. The highest BCUT2D eigenvalue weighted by Gasteiger charge is 2.28. The maximum atomic E-state index is 12.3. The molecule has 2 heterocycles. The number of nitrogens with one attached hydrogen (secondary N) is 1. The van der Waals surface area contributed by atoms with Crippen molar-refractivity contribution in [2.75, 3.05) is 13.1 Å². The average Bonchev–Trinajstić information content (AvgIpc) is 2.55. The number of piperidine rings is 1. The molecule has 120 valence electrons. The molecule has 0 saturated carbocycles. The predicted molar refractivity (Wildman–Crippen MR) is 85.3 cm³/mol. The first kappa shape index (κ1) is 16.5. The molecule has 0 bridgehead atoms. The number of hydrogen-bond donors (Lipinski definition) is 1. The summed E-state index contributed by atoms with van der Waals surface area (Å²) in [7, 11) is 0. The van der Waals surface area contributed by atoms with Crippen LogP contribution in [0.3, 0.4) is 0 Å². The lowest BCUT2D eigenvalue weighted by Gasteiger charge is -2.32. The van der Waals surface area contributed by atoms with E-state index in [1.807, 2.05) is 11.8 Å². The average molecular weight is 303 g/mol. The number of carbonyl (C=O) groups excluding carboxylic acids is 2. The minimum atomic E-state index is 0.0164. The zero-order valence-corrected chi connectivity index (χ0v) is 13.6. The maximum Gasteiger partial charge on any atom is 0.253 e. The van der Waals surface area contributed by atoms with Gasteiger partial charge in [-0.2, -0.15) is 0 Å². The Morgan fingerprint density at radius 3 is 2.32 bits per heavy atom. The van der Waals surface area contributed by atoms with Crippen LogP contribution >= 0.6 is 0 Å². The van der Waals surface area contributed by atoms with Crippen molar-refractivity contribution in [3.05, 3.63) is 30.1 Å². The summed E-state index contributed by atoms with van der Waals surface area (Å²) in [6.07, 6.45) is 4.71. The minimum absolute atomic E-state index is 0.0164. The van der Waals surface area contributed by atoms with E-state index in [1.54, 1.807) is 24.5 Å². The van der Waals surface area contributed by atoms with E-state index in [2.05, 4.69) is 24.1 Å². The van der Waals surface area contributed by atoms with Crippen LogP contribution in [0.15, 0.2) is 24.5 Å². The van der Waals surface area contributed by atoms with Gasteiger partial charge in [0, 0.05) is 43.0 Å². The van der Waals surface area contributed by atoms with Gasteiger partial charge in [-0.25, -0.2) is 0 Å². The molecule has 5 nitrogen and oxygen atoms in total. The third-order valence-corrected chi connectivity index (χ3v) is 4.45. The Morgan fingerprint density at radius 2 is 1.77 bits per heavy atom. The van der Waals surface area contributed by atoms with E-state index in [9.17, 15) is 9.59 Å². The Hall–Kier alpha value is -1.91. The molecule has 1 saturated heterocycles. The number of pyridine rings is 1. The van der Waals surface area contributed by atoms with Gasteiger partial charge in [-0.1, -0.05) is 13.8 Å². The van der Waals surface area contributed by atoms with Crippen LogP contribution in [0.1, 0.15) is 44.0 Å². The van der Waals surface area contributed by atoms with Crippen molar-refractivity contribution in [2.45, 2.75) is 39.7 Å². The lowest BCUT2D eigenvalue weighted by Crippen LogP contribution is -2.45. The summed E-state index contributed by atoms with van der Waals surface area (Å²) in [5, 5.41) is 3.07. The highest BCUT2D eigenvalue weighted by Crippen LogP contribution is 2.19. The van der Waals surface area contributed by atoms with Crippen LogP contribution in [-0.2, 0) is 4.79 Å². The molecular formula is C17H25N3O2. The van der Waals surface area contributed by atoms with Gasteiger partial charge in [0.25, 0.3) is 5.91 Å². The van der Waals surface area contributed by atoms with Gasteiger partial charge in [-0.3, -0.25) is 14.6 Å². The molecule has 1 aromatic heterocycles. The van der Waals surface area contributed by atoms with E-state index in [4.69, 9.17) is 0 Å². The third-order valence-electron chi connectivity index (χ3n) is 4.45. The van der Waals surface area contributed by atoms with Crippen molar-refractivity contribution in [1.82, 2.24) is 15.2 Å². The van der Waals surface area contributed by atoms with E-state index in [0.717, 1.165) is 12.8 Å². The number of amides is 2. The smallest absolute Gasteiger partial charge is 0.253 e. The fraction of sp³-hybridized carbons (Fsp3) is 0.588. The monoisotopic (exact) mass is 303 g/mol. The van der Waals surface area contributed by atoms with Crippen molar-refractivity contribution in [2.24, 2.45) is 11.8 Å². The van der Waals surface area contributed by atoms with Gasteiger partial charge in [0.05, 0.1) is 0 Å². The summed E-state index contributed by atoms with van der Waals surface area (Å²) in [6.45, 7) is 7.50. The van der Waals surface area contributed by atoms with E-state index >= 15 is 0 Å². The molecule has 1 aliphatic heterocycles. The summed E-state index contributed by atoms with van der Waals surface area (Å²) in [6, 6.07) is 3.64. The van der Waals surface area contributed by atoms with Gasteiger partial charge in [-0.05, 0) is 37.8 Å². The molecule has 1 N–H and O–H groups in total. The van der Waals surface area contributed by atoms with E-state index in [1.165, 1.54) is 0 Å². The first-order valence-electron chi connectivity index (χ1n) is 7.98. The Kier molecular flexibility index (Phi) is 5.52. The second kappa shape index (κ2) is 7.38. The maximum absolute atomic E-state index is 12.3. The van der Waals surface area contributed by atoms with Crippen molar-refractivity contribution < 1.29 is 9.59 Å². The van der Waals surface area contributed by atoms with Gasteiger partial charge in [0.2, 0.25) is 5.91 Å². The van der Waals surface area contributed by atoms with Crippen LogP contribution in [-0.4, -0.2) is 40.8 Å². The minimum Gasteiger partial charge on any atom is -0.353 e. The second-order valence-corrected chi connectivity index (χ2v) is 6.34. The molecule has 1 atom stereocenters. The molecule has 0 spiro atoms. The molecule has 2 rings (SSSR count). The van der Waals surface area contributed by atoms with Crippen molar-refractivity contribution in [1.29, 1.82) is 0 Å². The summed E-state index contributed by atoms with van der Waals surface area (Å²) >= 11 is 0. The molecule has 1 aliphatic rings. The summed E-state index contributed by atoms with van der Waals surface area (Å²) in [4.78, 5) is 30.3. The van der Waals surface area contributed by atoms with E-state index in [-0.39, 0.29) is 23.8 Å². The predicted octanol–water partition coefficient (Wildman–Crippen LogP) is 2.09. The Labute approximate surface area is 132 Å². The zero-order valence-electron chi connectivity index (χ0n) is 13.6. The number of aromatic nitrogens is 1. The van der Waals surface area contributed by atoms with Crippen molar-refractivity contribution >= 4 is 11.8 Å². The molecule has 1 fully saturated rings. The third kappa shape index (κ3) is 4.06. The number of carbonyl (C=O) groups is 2. The molecule has 1 unspecified atom stereocenters. The molecule has 0 aliphatic carbocycles. The zero-order chi connectivity index (χ0) is 16.1. The molecule has 1 aromatic rings. The van der Waals surface area contributed by atoms with E-state index < -0.39 is 0 Å². The molecule has 2 amide bonds. The molecular weight excluding hydrogens is 278 g/mol. The summed E-state index contributed by atoms with van der Waals surface area (Å²) < 4.78 is 0. The second-order valence-electron chi connectivity index (χ2n) is 6.34. The van der Waals surface area contributed by atoms with Crippen LogP contribution in [0, 0.1) is 11.8 Å². The summed E-state index contributed by atoms with van der Waals surface area (Å²) in [5.74, 6) is 0.592. The van der Waals surface area contributed by atoms with Crippen molar-refractivity contribution in [3.8, 4) is 0 Å². The first-order valence-corrected chi connectivity index (χ1v) is 7.98. The lowest BCUT2D eigenvalue weighted by molar-refractivity contribution is -0.127. The molecule has 0 radical (unpaired) electrons. The molecule has 5 heteroatoms. The van der Waals surface area contributed by atoms with E-state index in [0.29, 0.717) is 24.6 Å². The van der Waals surface area contributed by atoms with Crippen molar-refractivity contribution in [3.63, 3.8) is 0 Å². The Morgan fingerprint density at radius 1 is 1.18 bits per heavy atom. The standard InChI is InChI=1S/C17H25N3O2/c1-12(2)13(3)19-16(21)14-6-10-20(11-7-14)17(22)15-4-8-18-9-5-15/h4-5,8-9,12-14H,6-7,10-11H2,1-3H3,(H,19,21). The normalized spacial score (nSPS) is 17.4. The van der Waals surface area contributed by atoms with Gasteiger partial charge in [0.1, 0.15) is 0 Å². The highest BCUT2D eigenvalue weighted by molar-refractivity contribution is 5.94. The quantitative estimate of drug-likeness (QED) is 0.926. The van der Waals surface area contributed by atoms with Crippen LogP contribution in [0.4, 0.5) is 0 Å². The number of nitrogens with zero attached hydrogens (tertiary/aromatic N) is 2. The van der Waals surface area contributed by atoms with Crippen LogP contribution < -0.4 is 5.32 Å². The first-order chi connectivity index (χ1) is 10.5. The fourth-order valence-electron chi connectivity index (χ4n) is 2.53. The fourth-order valence-corrected chi connectivity index (χ4v) is 2.53. The Bertz CT molecular complexity index is 508. The van der Waals surface area contributed by atoms with Gasteiger partial charge >= 0.3 is 0 Å². The van der Waals surface area contributed by atoms with Gasteiger partial charge < -0.3 is 10.2 Å². The number of rotatable bonds is 4. The largest absolute Gasteiger partial charge is 0.353 e. The summed E-state index contributed by atoms with van der Waals surface area (Å²) in [5.41, 5.74) is 0.659. The SMILES string of the molecule is CC(C)C(C)NC(=O)C1CCN(C(=O)c2ccncc2)CC1. The van der Waals surface area contributed by atoms with Crippen LogP contribution in [0.25, 0.3) is 0 Å². The van der Waals surface area contributed by atoms with Crippen LogP contribution in [0.5, 0.6) is 0 Å². The number of hydrogen-bond acceptors (Lipinski definition) is 3. The van der Waals surface area contributed by atoms with Gasteiger partial charge in [-0.15, -0.1) is 0 Å². The molecule has 0 aromatic carbocycles. The van der Waals surface area contributed by atoms with Crippen LogP contribution in [0.2, 0.25) is 0 Å². The topological polar surface area (TPSA) is 62.3 Å².